The molecule has 0 aromatic heterocycles. The number of halogens is 1. The van der Waals surface area contributed by atoms with E-state index < -0.39 is 0 Å². The van der Waals surface area contributed by atoms with Crippen LogP contribution in [0, 0.1) is 0 Å². The van der Waals surface area contributed by atoms with Gasteiger partial charge in [-0.1, -0.05) is 40.2 Å². The maximum Gasteiger partial charge on any atom is 0.302 e. The summed E-state index contributed by atoms with van der Waals surface area (Å²) in [5.41, 5.74) is 2.31. The summed E-state index contributed by atoms with van der Waals surface area (Å²) in [6.45, 7) is 1.78. The summed E-state index contributed by atoms with van der Waals surface area (Å²) in [7, 11) is 0. The van der Waals surface area contributed by atoms with Crippen LogP contribution in [-0.2, 0) is 22.6 Å². The quantitative estimate of drug-likeness (QED) is 0.612. The van der Waals surface area contributed by atoms with Gasteiger partial charge in [-0.25, -0.2) is 0 Å². The van der Waals surface area contributed by atoms with E-state index in [9.17, 15) is 4.79 Å². The van der Waals surface area contributed by atoms with Gasteiger partial charge in [0.05, 0.1) is 0 Å². The Bertz CT molecular complexity index is 293. The molecule has 0 aliphatic rings. The summed E-state index contributed by atoms with van der Waals surface area (Å²) in [6, 6.07) is 8.09. The SMILES string of the molecule is CC(=O)OCc1ccc(CCBr)cc1. The van der Waals surface area contributed by atoms with Crippen molar-refractivity contribution in [2.24, 2.45) is 0 Å². The van der Waals surface area contributed by atoms with Gasteiger partial charge in [0.1, 0.15) is 6.61 Å². The Morgan fingerprint density at radius 2 is 1.86 bits per heavy atom. The molecule has 0 fully saturated rings. The highest BCUT2D eigenvalue weighted by molar-refractivity contribution is 9.09. The van der Waals surface area contributed by atoms with Crippen LogP contribution in [0.2, 0.25) is 0 Å². The number of carbonyl (C=O) groups is 1. The van der Waals surface area contributed by atoms with Crippen LogP contribution in [-0.4, -0.2) is 11.3 Å². The molecule has 0 atom stereocenters. The van der Waals surface area contributed by atoms with Crippen molar-refractivity contribution in [3.63, 3.8) is 0 Å². The summed E-state index contributed by atoms with van der Waals surface area (Å²) < 4.78 is 4.88. The molecular weight excluding hydrogens is 244 g/mol. The summed E-state index contributed by atoms with van der Waals surface area (Å²) in [4.78, 5) is 10.6. The van der Waals surface area contributed by atoms with E-state index >= 15 is 0 Å². The van der Waals surface area contributed by atoms with E-state index in [1.807, 2.05) is 12.1 Å². The van der Waals surface area contributed by atoms with Gasteiger partial charge < -0.3 is 4.74 Å². The third-order valence-electron chi connectivity index (χ3n) is 1.85. The van der Waals surface area contributed by atoms with Crippen LogP contribution < -0.4 is 0 Å². The van der Waals surface area contributed by atoms with Gasteiger partial charge in [0.2, 0.25) is 0 Å². The zero-order valence-electron chi connectivity index (χ0n) is 8.13. The minimum atomic E-state index is -0.241. The summed E-state index contributed by atoms with van der Waals surface area (Å²) in [5.74, 6) is -0.241. The standard InChI is InChI=1S/C11H13BrO2/c1-9(13)14-8-11-4-2-10(3-5-11)6-7-12/h2-5H,6-8H2,1H3. The number of alkyl halides is 1. The van der Waals surface area contributed by atoms with Crippen molar-refractivity contribution >= 4 is 21.9 Å². The Kier molecular flexibility index (Phi) is 4.66. The lowest BCUT2D eigenvalue weighted by Crippen LogP contribution is -1.98. The lowest BCUT2D eigenvalue weighted by molar-refractivity contribution is -0.142. The molecule has 1 aromatic rings. The molecule has 0 heterocycles. The predicted molar refractivity (Wildman–Crippen MR) is 59.4 cm³/mol. The minimum absolute atomic E-state index is 0.241. The molecule has 1 aromatic carbocycles. The Labute approximate surface area is 92.4 Å². The van der Waals surface area contributed by atoms with Gasteiger partial charge in [0.15, 0.2) is 0 Å². The smallest absolute Gasteiger partial charge is 0.302 e. The largest absolute Gasteiger partial charge is 0.461 e. The number of hydrogen-bond donors (Lipinski definition) is 0. The molecular formula is C11H13BrO2. The van der Waals surface area contributed by atoms with E-state index in [2.05, 4.69) is 28.1 Å². The molecule has 0 saturated carbocycles. The predicted octanol–water partition coefficient (Wildman–Crippen LogP) is 2.69. The molecule has 1 rings (SSSR count). The second-order valence-electron chi connectivity index (χ2n) is 3.04. The summed E-state index contributed by atoms with van der Waals surface area (Å²) >= 11 is 3.39. The normalized spacial score (nSPS) is 9.86. The summed E-state index contributed by atoms with van der Waals surface area (Å²) in [5, 5.41) is 0.969. The first-order valence-corrected chi connectivity index (χ1v) is 5.61. The fraction of sp³-hybridized carbons (Fsp3) is 0.364. The molecule has 0 saturated heterocycles. The Balaban J connectivity index is 2.50. The van der Waals surface area contributed by atoms with Gasteiger partial charge in [0.25, 0.3) is 0 Å². The second-order valence-corrected chi connectivity index (χ2v) is 3.83. The monoisotopic (exact) mass is 256 g/mol. The van der Waals surface area contributed by atoms with E-state index in [0.717, 1.165) is 17.3 Å². The van der Waals surface area contributed by atoms with Crippen LogP contribution in [0.15, 0.2) is 24.3 Å². The number of hydrogen-bond acceptors (Lipinski definition) is 2. The van der Waals surface area contributed by atoms with Crippen molar-refractivity contribution in [1.82, 2.24) is 0 Å². The van der Waals surface area contributed by atoms with Crippen molar-refractivity contribution < 1.29 is 9.53 Å². The zero-order chi connectivity index (χ0) is 10.4. The molecule has 2 nitrogen and oxygen atoms in total. The van der Waals surface area contributed by atoms with Crippen LogP contribution in [0.5, 0.6) is 0 Å². The van der Waals surface area contributed by atoms with Crippen LogP contribution in [0.25, 0.3) is 0 Å². The van der Waals surface area contributed by atoms with E-state index in [1.165, 1.54) is 12.5 Å². The van der Waals surface area contributed by atoms with Gasteiger partial charge in [-0.3, -0.25) is 4.79 Å². The number of esters is 1. The molecule has 0 spiro atoms. The molecule has 0 amide bonds. The molecule has 0 aliphatic heterocycles. The molecule has 3 heteroatoms. The van der Waals surface area contributed by atoms with E-state index in [1.54, 1.807) is 0 Å². The third kappa shape index (κ3) is 3.92. The average Bonchev–Trinajstić information content (AvgIpc) is 2.17. The number of carbonyl (C=O) groups excluding carboxylic acids is 1. The Hall–Kier alpha value is -0.830. The Morgan fingerprint density at radius 3 is 2.36 bits per heavy atom. The molecule has 0 N–H and O–H groups in total. The lowest BCUT2D eigenvalue weighted by atomic mass is 10.1. The second kappa shape index (κ2) is 5.81. The lowest BCUT2D eigenvalue weighted by Gasteiger charge is -2.03. The van der Waals surface area contributed by atoms with Crippen LogP contribution in [0.1, 0.15) is 18.1 Å². The van der Waals surface area contributed by atoms with Gasteiger partial charge in [-0.2, -0.15) is 0 Å². The van der Waals surface area contributed by atoms with Gasteiger partial charge in [-0.15, -0.1) is 0 Å². The Morgan fingerprint density at radius 1 is 1.29 bits per heavy atom. The van der Waals surface area contributed by atoms with Gasteiger partial charge in [-0.05, 0) is 17.5 Å². The van der Waals surface area contributed by atoms with Crippen molar-refractivity contribution in [2.75, 3.05) is 5.33 Å². The highest BCUT2D eigenvalue weighted by Gasteiger charge is 1.96. The number of aryl methyl sites for hydroxylation is 1. The van der Waals surface area contributed by atoms with E-state index in [0.29, 0.717) is 6.61 Å². The maximum atomic E-state index is 10.6. The minimum Gasteiger partial charge on any atom is -0.461 e. The molecule has 76 valence electrons. The van der Waals surface area contributed by atoms with Gasteiger partial charge in [0, 0.05) is 12.3 Å². The van der Waals surface area contributed by atoms with Gasteiger partial charge >= 0.3 is 5.97 Å². The van der Waals surface area contributed by atoms with Crippen LogP contribution in [0.4, 0.5) is 0 Å². The highest BCUT2D eigenvalue weighted by atomic mass is 79.9. The number of benzene rings is 1. The molecule has 14 heavy (non-hydrogen) atoms. The first kappa shape index (κ1) is 11.2. The van der Waals surface area contributed by atoms with Crippen molar-refractivity contribution in [1.29, 1.82) is 0 Å². The maximum absolute atomic E-state index is 10.6. The fourth-order valence-corrected chi connectivity index (χ4v) is 1.55. The fourth-order valence-electron chi connectivity index (χ4n) is 1.10. The average molecular weight is 257 g/mol. The highest BCUT2D eigenvalue weighted by Crippen LogP contribution is 2.07. The zero-order valence-corrected chi connectivity index (χ0v) is 9.71. The molecule has 0 unspecified atom stereocenters. The van der Waals surface area contributed by atoms with Crippen LogP contribution in [0.3, 0.4) is 0 Å². The molecule has 0 radical (unpaired) electrons. The topological polar surface area (TPSA) is 26.3 Å². The van der Waals surface area contributed by atoms with Crippen LogP contribution >= 0.6 is 15.9 Å². The van der Waals surface area contributed by atoms with E-state index in [-0.39, 0.29) is 5.97 Å². The third-order valence-corrected chi connectivity index (χ3v) is 2.24. The summed E-state index contributed by atoms with van der Waals surface area (Å²) in [6.07, 6.45) is 1.02. The first-order valence-electron chi connectivity index (χ1n) is 4.49. The van der Waals surface area contributed by atoms with E-state index in [4.69, 9.17) is 4.74 Å². The number of rotatable bonds is 4. The molecule has 0 aliphatic carbocycles. The van der Waals surface area contributed by atoms with Crippen molar-refractivity contribution in [3.8, 4) is 0 Å². The first-order chi connectivity index (χ1) is 6.72. The van der Waals surface area contributed by atoms with Crippen molar-refractivity contribution in [3.05, 3.63) is 35.4 Å². The molecule has 0 bridgehead atoms. The van der Waals surface area contributed by atoms with Crippen molar-refractivity contribution in [2.45, 2.75) is 20.0 Å². The number of ether oxygens (including phenoxy) is 1.